The highest BCUT2D eigenvalue weighted by Gasteiger charge is 2.34. The van der Waals surface area contributed by atoms with Crippen LogP contribution in [0.25, 0.3) is 0 Å². The Bertz CT molecular complexity index is 210. The van der Waals surface area contributed by atoms with Gasteiger partial charge in [0.15, 0.2) is 0 Å². The van der Waals surface area contributed by atoms with Crippen molar-refractivity contribution in [3.8, 4) is 0 Å². The zero-order valence-electron chi connectivity index (χ0n) is 17.6. The predicted octanol–water partition coefficient (Wildman–Crippen LogP) is 8.95. The molecule has 1 aliphatic carbocycles. The van der Waals surface area contributed by atoms with Gasteiger partial charge in [0.05, 0.1) is 0 Å². The van der Waals surface area contributed by atoms with Gasteiger partial charge in [-0.1, -0.05) is 118 Å². The van der Waals surface area contributed by atoms with Gasteiger partial charge in [-0.05, 0) is 37.5 Å². The van der Waals surface area contributed by atoms with Crippen molar-refractivity contribution in [1.29, 1.82) is 0 Å². The fourth-order valence-electron chi connectivity index (χ4n) is 3.57. The third-order valence-corrected chi connectivity index (χ3v) is 5.38. The van der Waals surface area contributed by atoms with E-state index in [-0.39, 0.29) is 0 Å². The van der Waals surface area contributed by atoms with Crippen LogP contribution in [0.5, 0.6) is 0 Å². The van der Waals surface area contributed by atoms with Gasteiger partial charge >= 0.3 is 0 Å². The Kier molecular flexibility index (Phi) is 19.3. The zero-order chi connectivity index (χ0) is 17.9. The van der Waals surface area contributed by atoms with Crippen LogP contribution in [0.2, 0.25) is 0 Å². The smallest absolute Gasteiger partial charge is 0.0380 e. The first kappa shape index (κ1) is 24.0. The summed E-state index contributed by atoms with van der Waals surface area (Å²) in [7, 11) is 0. The van der Waals surface area contributed by atoms with Crippen LogP contribution in [-0.2, 0) is 0 Å². The highest BCUT2D eigenvalue weighted by Crippen LogP contribution is 2.45. The first-order valence-corrected chi connectivity index (χ1v) is 11.4. The molecule has 0 amide bonds. The molecule has 0 aliphatic heterocycles. The molecule has 0 bridgehead atoms. The van der Waals surface area contributed by atoms with Gasteiger partial charge in [-0.15, -0.1) is 0 Å². The van der Waals surface area contributed by atoms with E-state index in [1.807, 2.05) is 0 Å². The van der Waals surface area contributed by atoms with Gasteiger partial charge in [-0.2, -0.15) is 0 Å². The summed E-state index contributed by atoms with van der Waals surface area (Å²) in [5, 5.41) is 0. The summed E-state index contributed by atoms with van der Waals surface area (Å²) >= 11 is 0. The molecule has 0 aromatic heterocycles. The van der Waals surface area contributed by atoms with Crippen LogP contribution < -0.4 is 0 Å². The van der Waals surface area contributed by atoms with Crippen LogP contribution in [0.3, 0.4) is 0 Å². The number of unbranched alkanes of at least 4 members (excludes halogenated alkanes) is 12. The van der Waals surface area contributed by atoms with E-state index in [0.717, 1.165) is 11.8 Å². The molecule has 1 aliphatic rings. The average Bonchev–Trinajstić information content (AvgIpc) is 3.33. The number of hydrogen-bond donors (Lipinski definition) is 0. The molecule has 144 valence electrons. The van der Waals surface area contributed by atoms with Gasteiger partial charge in [-0.3, -0.25) is 0 Å². The van der Waals surface area contributed by atoms with E-state index in [0.29, 0.717) is 0 Å². The third kappa shape index (κ3) is 16.8. The minimum atomic E-state index is 1.08. The summed E-state index contributed by atoms with van der Waals surface area (Å²) in [6, 6.07) is 0. The molecular formula is C24H48. The van der Waals surface area contributed by atoms with E-state index in [9.17, 15) is 0 Å². The molecule has 0 N–H and O–H groups in total. The Labute approximate surface area is 155 Å². The standard InChI is InChI=1S/C12H23.C12H25/c1-3-5-6-7-9-12-10-11(12)8-4-2;1-3-5-7-9-11-12-10-8-6-4-2/h4,11-12H,3,5-10H2,1-2H3;3H,4-12H2,1-2H3. The molecule has 2 radical (unpaired) electrons. The average molecular weight is 337 g/mol. The van der Waals surface area contributed by atoms with Crippen molar-refractivity contribution in [2.75, 3.05) is 0 Å². The molecule has 1 fully saturated rings. The molecule has 0 spiro atoms. The van der Waals surface area contributed by atoms with Crippen molar-refractivity contribution >= 4 is 0 Å². The van der Waals surface area contributed by atoms with Crippen molar-refractivity contribution < 1.29 is 0 Å². The second-order valence-electron chi connectivity index (χ2n) is 7.92. The fourth-order valence-corrected chi connectivity index (χ4v) is 3.57. The summed E-state index contributed by atoms with van der Waals surface area (Å²) in [6.07, 6.45) is 27.6. The molecular weight excluding hydrogens is 288 g/mol. The van der Waals surface area contributed by atoms with Gasteiger partial charge in [0, 0.05) is 0 Å². The SMILES string of the molecule is C[CH]CC1CC1CCCCCC.C[CH]CCCCCCCCCC. The van der Waals surface area contributed by atoms with Gasteiger partial charge in [0.2, 0.25) is 0 Å². The van der Waals surface area contributed by atoms with Gasteiger partial charge in [0.25, 0.3) is 0 Å². The van der Waals surface area contributed by atoms with Crippen molar-refractivity contribution in [2.24, 2.45) is 11.8 Å². The Morgan fingerprint density at radius 3 is 1.71 bits per heavy atom. The van der Waals surface area contributed by atoms with Crippen molar-refractivity contribution in [2.45, 2.75) is 130 Å². The summed E-state index contributed by atoms with van der Waals surface area (Å²) < 4.78 is 0. The molecule has 24 heavy (non-hydrogen) atoms. The van der Waals surface area contributed by atoms with Crippen molar-refractivity contribution in [1.82, 2.24) is 0 Å². The Hall–Kier alpha value is 0. The molecule has 2 unspecified atom stereocenters. The van der Waals surface area contributed by atoms with E-state index < -0.39 is 0 Å². The molecule has 2 atom stereocenters. The Morgan fingerprint density at radius 2 is 1.17 bits per heavy atom. The summed E-state index contributed by atoms with van der Waals surface area (Å²) in [5.74, 6) is 2.19. The van der Waals surface area contributed by atoms with Gasteiger partial charge in [-0.25, -0.2) is 0 Å². The topological polar surface area (TPSA) is 0 Å². The van der Waals surface area contributed by atoms with Gasteiger partial charge < -0.3 is 0 Å². The largest absolute Gasteiger partial charge is 0.0654 e. The lowest BCUT2D eigenvalue weighted by molar-refractivity contribution is 0.564. The molecule has 0 nitrogen and oxygen atoms in total. The molecule has 0 heteroatoms. The summed E-state index contributed by atoms with van der Waals surface area (Å²) in [5.41, 5.74) is 0. The van der Waals surface area contributed by atoms with E-state index in [4.69, 9.17) is 0 Å². The minimum absolute atomic E-state index is 1.08. The maximum atomic E-state index is 2.33. The molecule has 0 aromatic rings. The van der Waals surface area contributed by atoms with E-state index in [1.165, 1.54) is 103 Å². The second-order valence-corrected chi connectivity index (χ2v) is 7.92. The molecule has 0 saturated heterocycles. The minimum Gasteiger partial charge on any atom is -0.0654 e. The monoisotopic (exact) mass is 336 g/mol. The number of rotatable bonds is 16. The quantitative estimate of drug-likeness (QED) is 0.247. The highest BCUT2D eigenvalue weighted by molar-refractivity contribution is 4.88. The maximum Gasteiger partial charge on any atom is -0.0380 e. The molecule has 1 rings (SSSR count). The highest BCUT2D eigenvalue weighted by atomic mass is 14.4. The molecule has 0 aromatic carbocycles. The van der Waals surface area contributed by atoms with Crippen molar-refractivity contribution in [3.63, 3.8) is 0 Å². The molecule has 0 heterocycles. The zero-order valence-corrected chi connectivity index (χ0v) is 17.6. The predicted molar refractivity (Wildman–Crippen MR) is 112 cm³/mol. The van der Waals surface area contributed by atoms with Gasteiger partial charge in [0.1, 0.15) is 0 Å². The Balaban J connectivity index is 0.000000441. The van der Waals surface area contributed by atoms with Crippen LogP contribution in [-0.4, -0.2) is 0 Å². The third-order valence-electron chi connectivity index (χ3n) is 5.38. The fraction of sp³-hybridized carbons (Fsp3) is 0.917. The van der Waals surface area contributed by atoms with Crippen LogP contribution in [0.4, 0.5) is 0 Å². The second kappa shape index (κ2) is 19.3. The first-order chi connectivity index (χ1) is 11.8. The lowest BCUT2D eigenvalue weighted by Gasteiger charge is -1.99. The van der Waals surface area contributed by atoms with Crippen LogP contribution in [0.1, 0.15) is 130 Å². The van der Waals surface area contributed by atoms with E-state index in [1.54, 1.807) is 0 Å². The van der Waals surface area contributed by atoms with Crippen LogP contribution in [0, 0.1) is 24.7 Å². The van der Waals surface area contributed by atoms with Crippen molar-refractivity contribution in [3.05, 3.63) is 12.8 Å². The van der Waals surface area contributed by atoms with Crippen LogP contribution >= 0.6 is 0 Å². The van der Waals surface area contributed by atoms with Crippen LogP contribution in [0.15, 0.2) is 0 Å². The summed E-state index contributed by atoms with van der Waals surface area (Å²) in [4.78, 5) is 0. The first-order valence-electron chi connectivity index (χ1n) is 11.4. The normalized spacial score (nSPS) is 19.0. The lowest BCUT2D eigenvalue weighted by atomic mass is 10.1. The Morgan fingerprint density at radius 1 is 0.625 bits per heavy atom. The molecule has 1 saturated carbocycles. The van der Waals surface area contributed by atoms with E-state index >= 15 is 0 Å². The summed E-state index contributed by atoms with van der Waals surface area (Å²) in [6.45, 7) is 8.90. The maximum absolute atomic E-state index is 2.33. The van der Waals surface area contributed by atoms with E-state index in [2.05, 4.69) is 40.5 Å². The lowest BCUT2D eigenvalue weighted by Crippen LogP contribution is -1.84. The number of hydrogen-bond acceptors (Lipinski definition) is 0.